The molecule has 6 heavy (non-hydrogen) atoms. The van der Waals surface area contributed by atoms with Crippen LogP contribution in [0, 0.1) is 76.0 Å². The Bertz CT molecular complexity index is 15.5. The molecule has 0 bridgehead atoms. The van der Waals surface area contributed by atoms with Crippen molar-refractivity contribution >= 4 is 26.2 Å². The predicted molar refractivity (Wildman–Crippen MR) is 15.0 cm³/mol. The van der Waals surface area contributed by atoms with Crippen LogP contribution in [0.15, 0.2) is 0 Å². The van der Waals surface area contributed by atoms with Gasteiger partial charge in [-0.05, 0) is 0 Å². The minimum absolute atomic E-state index is 0. The quantitative estimate of drug-likeness (QED) is 0.316. The van der Waals surface area contributed by atoms with E-state index in [1.807, 2.05) is 0 Å². The largest absolute Gasteiger partial charge is 0 e. The van der Waals surface area contributed by atoms with Crippen LogP contribution in [0.25, 0.3) is 0 Å². The van der Waals surface area contributed by atoms with Gasteiger partial charge in [-0.25, -0.2) is 0 Å². The summed E-state index contributed by atoms with van der Waals surface area (Å²) in [5, 5.41) is 0. The minimum atomic E-state index is 0. The zero-order valence-corrected chi connectivity index (χ0v) is 18.9. The van der Waals surface area contributed by atoms with E-state index < -0.39 is 0 Å². The van der Waals surface area contributed by atoms with Gasteiger partial charge in [-0.3, -0.25) is 0 Å². The van der Waals surface area contributed by atoms with E-state index in [0.717, 1.165) is 0 Å². The molecule has 0 aromatic heterocycles. The topological polar surface area (TPSA) is 35.0 Å². The van der Waals surface area contributed by atoms with Crippen LogP contribution in [-0.4, -0.2) is 26.2 Å². The van der Waals surface area contributed by atoms with Crippen LogP contribution in [0.2, 0.25) is 0 Å². The first kappa shape index (κ1) is 46.3. The average Bonchev–Trinajstić information content (AvgIpc) is 0. The summed E-state index contributed by atoms with van der Waals surface area (Å²) in [6.07, 6.45) is 0. The summed E-state index contributed by atoms with van der Waals surface area (Å²) in [4.78, 5) is 0. The van der Waals surface area contributed by atoms with Gasteiger partial charge in [0, 0.05) is 114 Å². The van der Waals surface area contributed by atoms with E-state index in [9.17, 15) is 0 Å². The molecule has 3 N–H and O–H groups in total. The van der Waals surface area contributed by atoms with Crippen molar-refractivity contribution in [2.24, 2.45) is 0 Å². The van der Waals surface area contributed by atoms with Crippen molar-refractivity contribution in [3.63, 3.8) is 0 Å². The Morgan fingerprint density at radius 1 is 1.00 bits per heavy atom. The minimum Gasteiger partial charge on any atom is 0 e. The van der Waals surface area contributed by atoms with Crippen molar-refractivity contribution in [3.8, 4) is 0 Å². The Hall–Kier alpha value is 4.58. The molecule has 0 aromatic carbocycles. The van der Waals surface area contributed by atoms with E-state index in [0.29, 0.717) is 0 Å². The molecule has 1 radical (unpaired) electrons. The molecule has 1 nitrogen and oxygen atoms in total. The molecular formula is H6BiFeLaNSmW. The van der Waals surface area contributed by atoms with E-state index in [1.54, 1.807) is 0 Å². The van der Waals surface area contributed by atoms with E-state index >= 15 is 0 Å². The smallest absolute Gasteiger partial charge is 0 e. The van der Waals surface area contributed by atoms with E-state index in [4.69, 9.17) is 0 Å². The zero-order chi connectivity index (χ0) is 0. The van der Waals surface area contributed by atoms with Crippen molar-refractivity contribution < 1.29 is 114 Å². The summed E-state index contributed by atoms with van der Waals surface area (Å²) in [6.45, 7) is 0. The summed E-state index contributed by atoms with van der Waals surface area (Å²) in [5.41, 5.74) is 0. The van der Waals surface area contributed by atoms with Crippen LogP contribution in [0.1, 0.15) is 0 Å². The second-order valence-corrected chi connectivity index (χ2v) is 0. The molecule has 0 aliphatic carbocycles. The fourth-order valence-electron chi connectivity index (χ4n) is 0. The monoisotopic (exact) mass is 760 g/mol. The van der Waals surface area contributed by atoms with Gasteiger partial charge in [0.15, 0.2) is 0 Å². The number of rotatable bonds is 0. The summed E-state index contributed by atoms with van der Waals surface area (Å²) in [6, 6.07) is 0. The van der Waals surface area contributed by atoms with Crippen LogP contribution >= 0.6 is 0 Å². The van der Waals surface area contributed by atoms with Gasteiger partial charge < -0.3 is 6.15 Å². The van der Waals surface area contributed by atoms with Gasteiger partial charge >= 0.3 is 26.2 Å². The Balaban J connectivity index is 0. The third-order valence-corrected chi connectivity index (χ3v) is 0. The van der Waals surface area contributed by atoms with Crippen molar-refractivity contribution in [1.82, 2.24) is 6.15 Å². The average molecular weight is 758 g/mol. The van der Waals surface area contributed by atoms with Crippen molar-refractivity contribution in [2.45, 2.75) is 0 Å². The second kappa shape index (κ2) is 33.6. The second-order valence-electron chi connectivity index (χ2n) is 0. The molecule has 6 heteroatoms. The zero-order valence-electron chi connectivity index (χ0n) is 3.16. The molecular weight excluding hydrogens is 752 g/mol. The van der Waals surface area contributed by atoms with Gasteiger partial charge in [-0.2, -0.15) is 0 Å². The van der Waals surface area contributed by atoms with Crippen LogP contribution < -0.4 is 6.15 Å². The summed E-state index contributed by atoms with van der Waals surface area (Å²) < 4.78 is 0. The van der Waals surface area contributed by atoms with E-state index in [1.165, 1.54) is 0 Å². The van der Waals surface area contributed by atoms with E-state index in [2.05, 4.69) is 0 Å². The standard InChI is InChI=1S/Bi.Fe.La.H3N.Sm.W.3H/h;;;1H3;;;;;. The summed E-state index contributed by atoms with van der Waals surface area (Å²) >= 11 is 0. The van der Waals surface area contributed by atoms with Crippen LogP contribution in [-0.2, 0) is 38.1 Å². The van der Waals surface area contributed by atoms with E-state index in [-0.39, 0.29) is 146 Å². The molecule has 0 rings (SSSR count). The number of hydrogen-bond acceptors (Lipinski definition) is 1. The van der Waals surface area contributed by atoms with Crippen LogP contribution in [0.5, 0.6) is 0 Å². The molecule has 0 saturated heterocycles. The van der Waals surface area contributed by atoms with Crippen molar-refractivity contribution in [2.75, 3.05) is 0 Å². The Morgan fingerprint density at radius 2 is 1.00 bits per heavy atom. The molecule has 0 unspecified atom stereocenters. The fraction of sp³-hybridized carbons (Fsp3) is 0. The Labute approximate surface area is 142 Å². The Kier molecular flexibility index (Phi) is 259. The molecule has 0 heterocycles. The molecule has 0 saturated carbocycles. The molecule has 0 aliphatic rings. The summed E-state index contributed by atoms with van der Waals surface area (Å²) in [7, 11) is 0. The molecule has 0 aliphatic heterocycles. The van der Waals surface area contributed by atoms with Gasteiger partial charge in [0.05, 0.1) is 0 Å². The molecule has 0 amide bonds. The first-order valence-electron chi connectivity index (χ1n) is 0. The fourth-order valence-corrected chi connectivity index (χ4v) is 0. The molecule has 0 aromatic rings. The third-order valence-electron chi connectivity index (χ3n) is 0. The van der Waals surface area contributed by atoms with Crippen LogP contribution in [0.4, 0.5) is 0 Å². The van der Waals surface area contributed by atoms with Gasteiger partial charge in [0.25, 0.3) is 0 Å². The maximum Gasteiger partial charge on any atom is 0 e. The van der Waals surface area contributed by atoms with Gasteiger partial charge in [-0.1, -0.05) is 0 Å². The Morgan fingerprint density at radius 3 is 1.00 bits per heavy atom. The maximum absolute atomic E-state index is 0. The normalized spacial score (nSPS) is 0. The first-order valence-corrected chi connectivity index (χ1v) is 0. The summed E-state index contributed by atoms with van der Waals surface area (Å²) in [5.74, 6) is 0. The van der Waals surface area contributed by atoms with Crippen molar-refractivity contribution in [3.05, 3.63) is 0 Å². The third kappa shape index (κ3) is 23.5. The SMILES string of the molecule is N.[BiH3].[Fe].[La].[Sm].[W]. The molecule has 0 atom stereocenters. The van der Waals surface area contributed by atoms with Crippen molar-refractivity contribution in [1.29, 1.82) is 0 Å². The molecule has 39 valence electrons. The van der Waals surface area contributed by atoms with Crippen LogP contribution in [0.3, 0.4) is 0 Å². The number of hydrogen-bond donors (Lipinski definition) is 1. The van der Waals surface area contributed by atoms with Gasteiger partial charge in [0.2, 0.25) is 0 Å². The van der Waals surface area contributed by atoms with Gasteiger partial charge in [-0.15, -0.1) is 0 Å². The molecule has 0 fully saturated rings. The first-order chi connectivity index (χ1) is 0. The molecule has 0 spiro atoms. The maximum atomic E-state index is 0. The van der Waals surface area contributed by atoms with Gasteiger partial charge in [0.1, 0.15) is 0 Å². The predicted octanol–water partition coefficient (Wildman–Crippen LogP) is -1.03.